The molecule has 1 aliphatic rings. The Bertz CT molecular complexity index is 561. The molecule has 1 aromatic carbocycles. The zero-order valence-electron chi connectivity index (χ0n) is 13.6. The Kier molecular flexibility index (Phi) is 4.75. The lowest BCUT2D eigenvalue weighted by molar-refractivity contribution is 0.0240. The van der Waals surface area contributed by atoms with Crippen LogP contribution in [0.1, 0.15) is 26.3 Å². The second-order valence-corrected chi connectivity index (χ2v) is 7.02. The summed E-state index contributed by atoms with van der Waals surface area (Å²) < 4.78 is 5.40. The fourth-order valence-electron chi connectivity index (χ4n) is 2.38. The summed E-state index contributed by atoms with van der Waals surface area (Å²) in [6.45, 7) is 10.2. The Balaban J connectivity index is 2.01. The molecule has 0 unspecified atom stereocenters. The van der Waals surface area contributed by atoms with Crippen molar-refractivity contribution in [3.8, 4) is 0 Å². The summed E-state index contributed by atoms with van der Waals surface area (Å²) in [6, 6.07) is 3.78. The van der Waals surface area contributed by atoms with E-state index < -0.39 is 5.60 Å². The number of nitrogens with zero attached hydrogens (tertiary/aromatic N) is 2. The van der Waals surface area contributed by atoms with Gasteiger partial charge in [0.05, 0.1) is 10.7 Å². The van der Waals surface area contributed by atoms with Gasteiger partial charge in [-0.05, 0) is 45.4 Å². The van der Waals surface area contributed by atoms with Gasteiger partial charge in [0.2, 0.25) is 0 Å². The van der Waals surface area contributed by atoms with Crippen molar-refractivity contribution >= 4 is 29.1 Å². The summed E-state index contributed by atoms with van der Waals surface area (Å²) in [6.07, 6.45) is -0.262. The minimum Gasteiger partial charge on any atom is -0.444 e. The Morgan fingerprint density at radius 1 is 1.23 bits per heavy atom. The van der Waals surface area contributed by atoms with Crippen LogP contribution in [0.3, 0.4) is 0 Å². The lowest BCUT2D eigenvalue weighted by Gasteiger charge is -2.37. The van der Waals surface area contributed by atoms with Gasteiger partial charge >= 0.3 is 6.09 Å². The van der Waals surface area contributed by atoms with Crippen LogP contribution < -0.4 is 10.6 Å². The number of amides is 1. The van der Waals surface area contributed by atoms with Crippen LogP contribution in [0.15, 0.2) is 12.1 Å². The van der Waals surface area contributed by atoms with Crippen LogP contribution in [0.5, 0.6) is 0 Å². The Morgan fingerprint density at radius 3 is 2.36 bits per heavy atom. The van der Waals surface area contributed by atoms with Gasteiger partial charge in [-0.25, -0.2) is 4.79 Å². The molecule has 1 aromatic rings. The largest absolute Gasteiger partial charge is 0.444 e. The average Bonchev–Trinajstić information content (AvgIpc) is 2.41. The van der Waals surface area contributed by atoms with Crippen molar-refractivity contribution in [1.82, 2.24) is 4.90 Å². The molecule has 22 heavy (non-hydrogen) atoms. The van der Waals surface area contributed by atoms with E-state index in [1.54, 1.807) is 4.90 Å². The van der Waals surface area contributed by atoms with Crippen molar-refractivity contribution in [3.63, 3.8) is 0 Å². The van der Waals surface area contributed by atoms with E-state index in [9.17, 15) is 4.79 Å². The molecule has 1 heterocycles. The number of piperazine rings is 1. The van der Waals surface area contributed by atoms with E-state index >= 15 is 0 Å². The molecule has 2 N–H and O–H groups in total. The van der Waals surface area contributed by atoms with Gasteiger partial charge in [-0.2, -0.15) is 0 Å². The van der Waals surface area contributed by atoms with Crippen LogP contribution in [0.2, 0.25) is 5.02 Å². The smallest absolute Gasteiger partial charge is 0.410 e. The Morgan fingerprint density at radius 2 is 1.82 bits per heavy atom. The number of aryl methyl sites for hydroxylation is 1. The summed E-state index contributed by atoms with van der Waals surface area (Å²) in [7, 11) is 0. The first kappa shape index (κ1) is 16.7. The molecule has 0 aliphatic carbocycles. The van der Waals surface area contributed by atoms with E-state index in [0.717, 1.165) is 16.9 Å². The predicted octanol–water partition coefficient (Wildman–Crippen LogP) is 3.29. The van der Waals surface area contributed by atoms with E-state index in [0.29, 0.717) is 31.2 Å². The summed E-state index contributed by atoms with van der Waals surface area (Å²) in [5.74, 6) is 0. The van der Waals surface area contributed by atoms with Crippen molar-refractivity contribution in [2.45, 2.75) is 33.3 Å². The molecule has 2 rings (SSSR count). The maximum absolute atomic E-state index is 12.1. The van der Waals surface area contributed by atoms with Gasteiger partial charge in [-0.3, -0.25) is 0 Å². The lowest BCUT2D eigenvalue weighted by atomic mass is 10.1. The highest BCUT2D eigenvalue weighted by molar-refractivity contribution is 6.33. The minimum atomic E-state index is -0.469. The normalized spacial score (nSPS) is 15.9. The molecule has 0 spiro atoms. The zero-order valence-corrected chi connectivity index (χ0v) is 14.4. The first-order valence-electron chi connectivity index (χ1n) is 7.46. The number of hydrogen-bond donors (Lipinski definition) is 1. The maximum atomic E-state index is 12.1. The number of benzene rings is 1. The third kappa shape index (κ3) is 3.97. The quantitative estimate of drug-likeness (QED) is 0.805. The zero-order chi connectivity index (χ0) is 16.5. The van der Waals surface area contributed by atoms with Crippen molar-refractivity contribution < 1.29 is 9.53 Å². The molecule has 6 heteroatoms. The van der Waals surface area contributed by atoms with Crippen LogP contribution in [0.4, 0.5) is 16.2 Å². The minimum absolute atomic E-state index is 0.262. The molecule has 1 fully saturated rings. The number of anilines is 2. The highest BCUT2D eigenvalue weighted by atomic mass is 35.5. The van der Waals surface area contributed by atoms with Crippen LogP contribution in [0.25, 0.3) is 0 Å². The first-order chi connectivity index (χ1) is 10.2. The highest BCUT2D eigenvalue weighted by Gasteiger charge is 2.26. The van der Waals surface area contributed by atoms with E-state index in [1.807, 2.05) is 39.8 Å². The highest BCUT2D eigenvalue weighted by Crippen LogP contribution is 2.31. The predicted molar refractivity (Wildman–Crippen MR) is 90.6 cm³/mol. The first-order valence-corrected chi connectivity index (χ1v) is 7.83. The molecule has 1 saturated heterocycles. The second kappa shape index (κ2) is 6.24. The number of nitrogens with two attached hydrogens (primary N) is 1. The number of carbonyl (C=O) groups is 1. The van der Waals surface area contributed by atoms with E-state index in [1.165, 1.54) is 0 Å². The van der Waals surface area contributed by atoms with Crippen molar-refractivity contribution in [1.29, 1.82) is 0 Å². The topological polar surface area (TPSA) is 58.8 Å². The van der Waals surface area contributed by atoms with Gasteiger partial charge in [-0.1, -0.05) is 11.6 Å². The lowest BCUT2D eigenvalue weighted by Crippen LogP contribution is -2.50. The van der Waals surface area contributed by atoms with E-state index in [2.05, 4.69) is 4.90 Å². The molecule has 0 radical (unpaired) electrons. The number of hydrogen-bond acceptors (Lipinski definition) is 4. The van der Waals surface area contributed by atoms with Gasteiger partial charge in [0.1, 0.15) is 5.60 Å². The van der Waals surface area contributed by atoms with Gasteiger partial charge in [0.15, 0.2) is 0 Å². The summed E-state index contributed by atoms with van der Waals surface area (Å²) >= 11 is 6.32. The van der Waals surface area contributed by atoms with Crippen molar-refractivity contribution in [2.24, 2.45) is 0 Å². The number of carbonyl (C=O) groups excluding carboxylic acids is 1. The standard InChI is InChI=1S/C16H24ClN3O2/c1-11-9-12(17)14(10-13(11)18)19-5-7-20(8-6-19)15(21)22-16(2,3)4/h9-10H,5-8,18H2,1-4H3. The molecule has 0 bridgehead atoms. The van der Waals surface area contributed by atoms with E-state index in [4.69, 9.17) is 22.1 Å². The fourth-order valence-corrected chi connectivity index (χ4v) is 2.71. The number of ether oxygens (including phenoxy) is 1. The SMILES string of the molecule is Cc1cc(Cl)c(N2CCN(C(=O)OC(C)(C)C)CC2)cc1N. The molecule has 122 valence electrons. The van der Waals surface area contributed by atoms with Crippen LogP contribution in [-0.4, -0.2) is 42.8 Å². The van der Waals surface area contributed by atoms with Crippen LogP contribution >= 0.6 is 11.6 Å². The number of nitrogen functional groups attached to an aromatic ring is 1. The van der Waals surface area contributed by atoms with E-state index in [-0.39, 0.29) is 6.09 Å². The van der Waals surface area contributed by atoms with Crippen LogP contribution in [-0.2, 0) is 4.74 Å². The Hall–Kier alpha value is -1.62. The van der Waals surface area contributed by atoms with Crippen molar-refractivity contribution in [3.05, 3.63) is 22.7 Å². The van der Waals surface area contributed by atoms with Gasteiger partial charge < -0.3 is 20.3 Å². The molecular formula is C16H24ClN3O2. The number of halogens is 1. The summed E-state index contributed by atoms with van der Waals surface area (Å²) in [4.78, 5) is 15.9. The molecule has 0 saturated carbocycles. The van der Waals surface area contributed by atoms with Gasteiger partial charge in [-0.15, -0.1) is 0 Å². The summed E-state index contributed by atoms with van der Waals surface area (Å²) in [5.41, 5.74) is 8.13. The molecule has 5 nitrogen and oxygen atoms in total. The molecule has 1 aliphatic heterocycles. The molecule has 1 amide bonds. The van der Waals surface area contributed by atoms with Gasteiger partial charge in [0.25, 0.3) is 0 Å². The van der Waals surface area contributed by atoms with Crippen LogP contribution in [0, 0.1) is 6.92 Å². The molecule has 0 aromatic heterocycles. The molecule has 0 atom stereocenters. The third-order valence-electron chi connectivity index (χ3n) is 3.61. The summed E-state index contributed by atoms with van der Waals surface area (Å²) in [5, 5.41) is 0.692. The fraction of sp³-hybridized carbons (Fsp3) is 0.562. The van der Waals surface area contributed by atoms with Crippen molar-refractivity contribution in [2.75, 3.05) is 36.8 Å². The number of rotatable bonds is 1. The monoisotopic (exact) mass is 325 g/mol. The second-order valence-electron chi connectivity index (χ2n) is 6.61. The third-order valence-corrected chi connectivity index (χ3v) is 3.91. The molecular weight excluding hydrogens is 302 g/mol. The maximum Gasteiger partial charge on any atom is 0.410 e. The average molecular weight is 326 g/mol. The van der Waals surface area contributed by atoms with Gasteiger partial charge in [0, 0.05) is 31.9 Å². The Labute approximate surface area is 137 Å².